The van der Waals surface area contributed by atoms with Gasteiger partial charge in [0.05, 0.1) is 17.7 Å². The smallest absolute Gasteiger partial charge is 0.416 e. The van der Waals surface area contributed by atoms with E-state index >= 15 is 0 Å². The number of hydrogen-bond donors (Lipinski definition) is 2. The summed E-state index contributed by atoms with van der Waals surface area (Å²) in [5.74, 6) is -4.95. The predicted molar refractivity (Wildman–Crippen MR) is 92.3 cm³/mol. The third-order valence-corrected chi connectivity index (χ3v) is 4.05. The van der Waals surface area contributed by atoms with Crippen LogP contribution >= 0.6 is 0 Å². The highest BCUT2D eigenvalue weighted by molar-refractivity contribution is 5.93. The van der Waals surface area contributed by atoms with Crippen molar-refractivity contribution in [3.63, 3.8) is 0 Å². The van der Waals surface area contributed by atoms with E-state index < -0.39 is 53.3 Å². The van der Waals surface area contributed by atoms with E-state index in [0.29, 0.717) is 0 Å². The lowest BCUT2D eigenvalue weighted by Crippen LogP contribution is -2.17. The number of nitrogens with zero attached hydrogens (tertiary/aromatic N) is 1. The molecular weight excluding hydrogens is 415 g/mol. The van der Waals surface area contributed by atoms with Crippen molar-refractivity contribution < 1.29 is 41.0 Å². The number of carbonyl (C=O) groups is 1. The Balaban J connectivity index is 1.87. The second-order valence-electron chi connectivity index (χ2n) is 6.04. The number of oxazole rings is 1. The molecule has 30 heavy (non-hydrogen) atoms. The van der Waals surface area contributed by atoms with Gasteiger partial charge in [0.1, 0.15) is 12.0 Å². The van der Waals surface area contributed by atoms with Gasteiger partial charge in [-0.1, -0.05) is 12.1 Å². The highest BCUT2D eigenvalue weighted by Crippen LogP contribution is 2.32. The molecule has 0 saturated heterocycles. The molecule has 3 aromatic rings. The fraction of sp³-hybridized carbons (Fsp3) is 0.158. The van der Waals surface area contributed by atoms with Gasteiger partial charge in [-0.25, -0.2) is 13.8 Å². The summed E-state index contributed by atoms with van der Waals surface area (Å²) < 4.78 is 76.5. The average Bonchev–Trinajstić information content (AvgIpc) is 3.17. The number of rotatable bonds is 6. The lowest BCUT2D eigenvalue weighted by atomic mass is 10.1. The third-order valence-electron chi connectivity index (χ3n) is 4.05. The molecule has 0 radical (unpaired) electrons. The first-order valence-electron chi connectivity index (χ1n) is 8.30. The zero-order valence-electron chi connectivity index (χ0n) is 14.9. The van der Waals surface area contributed by atoms with Gasteiger partial charge in [0.2, 0.25) is 5.89 Å². The van der Waals surface area contributed by atoms with Crippen molar-refractivity contribution in [1.29, 1.82) is 0 Å². The molecule has 0 fully saturated rings. The number of amides is 1. The van der Waals surface area contributed by atoms with E-state index in [1.165, 1.54) is 0 Å². The molecule has 6 nitrogen and oxygen atoms in total. The molecular formula is C19H13F5N2O4. The molecule has 0 spiro atoms. The highest BCUT2D eigenvalue weighted by atomic mass is 19.4. The van der Waals surface area contributed by atoms with Crippen LogP contribution < -0.4 is 10.5 Å². The maximum atomic E-state index is 14.3. The SMILES string of the molecule is NC(=O)c1ccc(F)c(O[C@H](CO)c2nc(-c3ccc(C(F)(F)F)cc3)co2)c1F. The molecule has 1 atom stereocenters. The first kappa shape index (κ1) is 21.2. The molecule has 0 aliphatic carbocycles. The summed E-state index contributed by atoms with van der Waals surface area (Å²) in [6, 6.07) is 5.62. The van der Waals surface area contributed by atoms with Crippen LogP contribution in [0.2, 0.25) is 0 Å². The fourth-order valence-electron chi connectivity index (χ4n) is 2.54. The number of halogens is 5. The summed E-state index contributed by atoms with van der Waals surface area (Å²) in [5.41, 5.74) is 3.90. The number of aliphatic hydroxyl groups is 1. The van der Waals surface area contributed by atoms with E-state index in [-0.39, 0.29) is 17.1 Å². The van der Waals surface area contributed by atoms with E-state index in [9.17, 15) is 31.9 Å². The van der Waals surface area contributed by atoms with Crippen LogP contribution in [0.25, 0.3) is 11.3 Å². The third kappa shape index (κ3) is 4.25. The summed E-state index contributed by atoms with van der Waals surface area (Å²) in [6.07, 6.45) is -4.90. The summed E-state index contributed by atoms with van der Waals surface area (Å²) in [6.45, 7) is -0.813. The first-order valence-corrected chi connectivity index (χ1v) is 8.30. The first-order chi connectivity index (χ1) is 14.1. The van der Waals surface area contributed by atoms with Crippen LogP contribution in [-0.4, -0.2) is 22.6 Å². The van der Waals surface area contributed by atoms with E-state index in [0.717, 1.165) is 42.7 Å². The van der Waals surface area contributed by atoms with E-state index in [1.54, 1.807) is 0 Å². The number of nitrogens with two attached hydrogens (primary N) is 1. The summed E-state index contributed by atoms with van der Waals surface area (Å²) in [7, 11) is 0. The summed E-state index contributed by atoms with van der Waals surface area (Å²) >= 11 is 0. The van der Waals surface area contributed by atoms with E-state index in [1.807, 2.05) is 0 Å². The second-order valence-corrected chi connectivity index (χ2v) is 6.04. The molecule has 3 rings (SSSR count). The van der Waals surface area contributed by atoms with Crippen LogP contribution in [0.1, 0.15) is 27.9 Å². The largest absolute Gasteiger partial charge is 0.472 e. The Morgan fingerprint density at radius 3 is 2.40 bits per heavy atom. The lowest BCUT2D eigenvalue weighted by Gasteiger charge is -2.15. The van der Waals surface area contributed by atoms with Crippen LogP contribution in [-0.2, 0) is 6.18 Å². The Morgan fingerprint density at radius 2 is 1.83 bits per heavy atom. The molecule has 1 amide bonds. The number of ether oxygens (including phenoxy) is 1. The number of primary amides is 1. The van der Waals surface area contributed by atoms with Crippen LogP contribution in [0.5, 0.6) is 5.75 Å². The van der Waals surface area contributed by atoms with Crippen molar-refractivity contribution in [1.82, 2.24) is 4.98 Å². The fourth-order valence-corrected chi connectivity index (χ4v) is 2.54. The zero-order chi connectivity index (χ0) is 22.1. The molecule has 0 bridgehead atoms. The molecule has 11 heteroatoms. The normalized spacial score (nSPS) is 12.6. The van der Waals surface area contributed by atoms with Gasteiger partial charge < -0.3 is 20.0 Å². The van der Waals surface area contributed by atoms with Gasteiger partial charge in [-0.3, -0.25) is 4.79 Å². The molecule has 3 N–H and O–H groups in total. The Bertz CT molecular complexity index is 1060. The van der Waals surface area contributed by atoms with Crippen molar-refractivity contribution in [3.05, 3.63) is 71.3 Å². The van der Waals surface area contributed by atoms with E-state index in [4.69, 9.17) is 14.9 Å². The Hall–Kier alpha value is -3.47. The van der Waals surface area contributed by atoms with Crippen LogP contribution in [0.4, 0.5) is 22.0 Å². The van der Waals surface area contributed by atoms with Gasteiger partial charge >= 0.3 is 6.18 Å². The van der Waals surface area contributed by atoms with Crippen LogP contribution in [0.15, 0.2) is 47.1 Å². The second kappa shape index (κ2) is 8.11. The standard InChI is InChI=1S/C19H13F5N2O4/c20-12-6-5-11(17(25)28)15(21)16(12)30-14(7-27)18-26-13(8-29-18)9-1-3-10(4-2-9)19(22,23)24/h1-6,8,14,27H,7H2,(H2,25,28)/t14-/m1/s1. The summed E-state index contributed by atoms with van der Waals surface area (Å²) in [5, 5.41) is 9.52. The Morgan fingerprint density at radius 1 is 1.17 bits per heavy atom. The molecule has 158 valence electrons. The monoisotopic (exact) mass is 428 g/mol. The van der Waals surface area contributed by atoms with Gasteiger partial charge in [0.25, 0.3) is 5.91 Å². The molecule has 1 aromatic heterocycles. The maximum Gasteiger partial charge on any atom is 0.416 e. The van der Waals surface area contributed by atoms with E-state index in [2.05, 4.69) is 4.98 Å². The minimum absolute atomic E-state index is 0.104. The van der Waals surface area contributed by atoms with Crippen molar-refractivity contribution in [3.8, 4) is 17.0 Å². The van der Waals surface area contributed by atoms with Crippen molar-refractivity contribution in [2.75, 3.05) is 6.61 Å². The number of aromatic nitrogens is 1. The number of aliphatic hydroxyl groups excluding tert-OH is 1. The molecule has 1 heterocycles. The molecule has 0 aliphatic heterocycles. The Labute approximate surface area is 165 Å². The maximum absolute atomic E-state index is 14.3. The average molecular weight is 428 g/mol. The van der Waals surface area contributed by atoms with Crippen molar-refractivity contribution in [2.24, 2.45) is 5.73 Å². The Kier molecular flexibility index (Phi) is 5.74. The molecule has 0 saturated carbocycles. The number of benzene rings is 2. The van der Waals surface area contributed by atoms with Crippen molar-refractivity contribution in [2.45, 2.75) is 12.3 Å². The number of alkyl halides is 3. The van der Waals surface area contributed by atoms with Crippen molar-refractivity contribution >= 4 is 5.91 Å². The predicted octanol–water partition coefficient (Wildman–Crippen LogP) is 3.85. The quantitative estimate of drug-likeness (QED) is 0.581. The number of carbonyl (C=O) groups excluding carboxylic acids is 1. The van der Waals surface area contributed by atoms with Crippen LogP contribution in [0, 0.1) is 11.6 Å². The summed E-state index contributed by atoms with van der Waals surface area (Å²) in [4.78, 5) is 15.2. The number of hydrogen-bond acceptors (Lipinski definition) is 5. The van der Waals surface area contributed by atoms with Gasteiger partial charge in [-0.15, -0.1) is 0 Å². The van der Waals surface area contributed by atoms with Gasteiger partial charge in [-0.05, 0) is 24.3 Å². The minimum atomic E-state index is -4.50. The molecule has 0 aliphatic rings. The van der Waals surface area contributed by atoms with Gasteiger partial charge in [0, 0.05) is 5.56 Å². The minimum Gasteiger partial charge on any atom is -0.472 e. The lowest BCUT2D eigenvalue weighted by molar-refractivity contribution is -0.137. The van der Waals surface area contributed by atoms with Gasteiger partial charge in [0.15, 0.2) is 23.5 Å². The topological polar surface area (TPSA) is 98.6 Å². The van der Waals surface area contributed by atoms with Crippen LogP contribution in [0.3, 0.4) is 0 Å². The molecule has 0 unspecified atom stereocenters. The highest BCUT2D eigenvalue weighted by Gasteiger charge is 2.30. The zero-order valence-corrected chi connectivity index (χ0v) is 14.9. The van der Waals surface area contributed by atoms with Gasteiger partial charge in [-0.2, -0.15) is 13.2 Å². The molecule has 2 aromatic carbocycles.